The van der Waals surface area contributed by atoms with Crippen LogP contribution >= 0.6 is 11.3 Å². The van der Waals surface area contributed by atoms with E-state index in [0.717, 1.165) is 16.2 Å². The van der Waals surface area contributed by atoms with Gasteiger partial charge in [0, 0.05) is 36.0 Å². The highest BCUT2D eigenvalue weighted by atomic mass is 32.2. The van der Waals surface area contributed by atoms with Gasteiger partial charge in [-0.3, -0.25) is 4.79 Å². The topological polar surface area (TPSA) is 102 Å². The van der Waals surface area contributed by atoms with Gasteiger partial charge in [-0.25, -0.2) is 8.42 Å². The molecule has 1 aromatic carbocycles. The number of piperidine rings is 1. The van der Waals surface area contributed by atoms with E-state index in [9.17, 15) is 13.2 Å². The van der Waals surface area contributed by atoms with Gasteiger partial charge in [0.15, 0.2) is 10.7 Å². The molecule has 1 saturated heterocycles. The number of carbonyl (C=O) groups excluding carboxylic acids is 1. The Morgan fingerprint density at radius 2 is 2.00 bits per heavy atom. The molecule has 2 aromatic heterocycles. The van der Waals surface area contributed by atoms with Crippen LogP contribution < -0.4 is 10.1 Å². The molecule has 0 spiro atoms. The molecule has 1 amide bonds. The predicted molar refractivity (Wildman–Crippen MR) is 131 cm³/mol. The fraction of sp³-hybridized carbons (Fsp3) is 0.333. The average molecular weight is 502 g/mol. The molecule has 180 valence electrons. The molecule has 3 heterocycles. The van der Waals surface area contributed by atoms with Gasteiger partial charge in [0.2, 0.25) is 15.9 Å². The third-order valence-electron chi connectivity index (χ3n) is 5.84. The van der Waals surface area contributed by atoms with Crippen LogP contribution in [-0.4, -0.2) is 44.0 Å². The second-order valence-corrected chi connectivity index (χ2v) is 10.9. The summed E-state index contributed by atoms with van der Waals surface area (Å²) < 4.78 is 38.8. The van der Waals surface area contributed by atoms with Crippen molar-refractivity contribution in [2.24, 2.45) is 5.92 Å². The molecule has 0 unspecified atom stereocenters. The lowest BCUT2D eigenvalue weighted by Gasteiger charge is -2.30. The molecule has 1 aliphatic heterocycles. The van der Waals surface area contributed by atoms with E-state index < -0.39 is 10.0 Å². The normalized spacial score (nSPS) is 15.6. The summed E-state index contributed by atoms with van der Waals surface area (Å²) >= 11 is 1.54. The number of methoxy groups -OCH3 is 1. The summed E-state index contributed by atoms with van der Waals surface area (Å²) in [5, 5.41) is 8.78. The Morgan fingerprint density at radius 3 is 2.71 bits per heavy atom. The summed E-state index contributed by atoms with van der Waals surface area (Å²) in [6.07, 6.45) is 4.34. The van der Waals surface area contributed by atoms with Crippen LogP contribution in [-0.2, 0) is 21.4 Å². The molecule has 10 heteroatoms. The van der Waals surface area contributed by atoms with E-state index in [0.29, 0.717) is 25.1 Å². The second-order valence-electron chi connectivity index (χ2n) is 8.02. The summed E-state index contributed by atoms with van der Waals surface area (Å²) in [6, 6.07) is 11.4. The van der Waals surface area contributed by atoms with Crippen molar-refractivity contribution in [2.75, 3.05) is 20.2 Å². The predicted octanol–water partition coefficient (Wildman–Crippen LogP) is 3.94. The van der Waals surface area contributed by atoms with Crippen LogP contribution in [0.15, 0.2) is 51.2 Å². The van der Waals surface area contributed by atoms with Gasteiger partial charge < -0.3 is 14.6 Å². The van der Waals surface area contributed by atoms with Crippen molar-refractivity contribution < 1.29 is 22.5 Å². The first-order valence-corrected chi connectivity index (χ1v) is 13.3. The van der Waals surface area contributed by atoms with E-state index in [1.807, 2.05) is 47.9 Å². The lowest BCUT2D eigenvalue weighted by atomic mass is 9.97. The summed E-state index contributed by atoms with van der Waals surface area (Å²) in [6.45, 7) is 2.50. The molecule has 0 bridgehead atoms. The zero-order valence-electron chi connectivity index (χ0n) is 19.1. The molecule has 0 saturated carbocycles. The SMILES string of the molecule is COc1ccccc1CNC(=O)C1CCN(S(=O)(=O)c2c(C)noc2/C=C/c2cccs2)CC1. The zero-order valence-corrected chi connectivity index (χ0v) is 20.7. The highest BCUT2D eigenvalue weighted by Crippen LogP contribution is 2.29. The monoisotopic (exact) mass is 501 g/mol. The number of carbonyl (C=O) groups is 1. The molecule has 3 aromatic rings. The fourth-order valence-corrected chi connectivity index (χ4v) is 6.34. The number of sulfonamides is 1. The number of hydrogen-bond donors (Lipinski definition) is 1. The number of thiophene rings is 1. The third-order valence-corrected chi connectivity index (χ3v) is 8.74. The van der Waals surface area contributed by atoms with Gasteiger partial charge in [-0.1, -0.05) is 29.4 Å². The Labute approximate surface area is 203 Å². The largest absolute Gasteiger partial charge is 0.496 e. The van der Waals surface area contributed by atoms with E-state index in [1.54, 1.807) is 31.4 Å². The number of nitrogens with zero attached hydrogens (tertiary/aromatic N) is 2. The van der Waals surface area contributed by atoms with Crippen molar-refractivity contribution in [1.29, 1.82) is 0 Å². The molecular weight excluding hydrogens is 474 g/mol. The van der Waals surface area contributed by atoms with Gasteiger partial charge in [-0.2, -0.15) is 4.31 Å². The number of aryl methyl sites for hydroxylation is 1. The molecule has 8 nitrogen and oxygen atoms in total. The van der Waals surface area contributed by atoms with E-state index in [-0.39, 0.29) is 35.6 Å². The zero-order chi connectivity index (χ0) is 24.1. The highest BCUT2D eigenvalue weighted by molar-refractivity contribution is 7.89. The van der Waals surface area contributed by atoms with Gasteiger partial charge in [-0.05, 0) is 49.4 Å². The number of rotatable bonds is 8. The van der Waals surface area contributed by atoms with Crippen LogP contribution in [0.1, 0.15) is 34.7 Å². The Morgan fingerprint density at radius 1 is 1.24 bits per heavy atom. The van der Waals surface area contributed by atoms with Gasteiger partial charge >= 0.3 is 0 Å². The van der Waals surface area contributed by atoms with Crippen molar-refractivity contribution in [1.82, 2.24) is 14.8 Å². The summed E-state index contributed by atoms with van der Waals surface area (Å²) in [5.41, 5.74) is 1.21. The lowest BCUT2D eigenvalue weighted by Crippen LogP contribution is -2.43. The molecular formula is C24H27N3O5S2. The van der Waals surface area contributed by atoms with Crippen molar-refractivity contribution in [3.8, 4) is 5.75 Å². The molecule has 0 aliphatic carbocycles. The number of ether oxygens (including phenoxy) is 1. The molecule has 1 fully saturated rings. The minimum Gasteiger partial charge on any atom is -0.496 e. The maximum absolute atomic E-state index is 13.4. The van der Waals surface area contributed by atoms with E-state index in [4.69, 9.17) is 9.26 Å². The summed E-state index contributed by atoms with van der Waals surface area (Å²) in [7, 11) is -2.21. The summed E-state index contributed by atoms with van der Waals surface area (Å²) in [4.78, 5) is 13.8. The minimum absolute atomic E-state index is 0.0799. The number of hydrogen-bond acceptors (Lipinski definition) is 7. The Kier molecular flexibility index (Phi) is 7.50. The Bertz CT molecular complexity index is 1260. The van der Waals surface area contributed by atoms with E-state index in [2.05, 4.69) is 10.5 Å². The molecule has 1 N–H and O–H groups in total. The van der Waals surface area contributed by atoms with Gasteiger partial charge in [0.1, 0.15) is 11.4 Å². The third kappa shape index (κ3) is 5.24. The van der Waals surface area contributed by atoms with E-state index >= 15 is 0 Å². The highest BCUT2D eigenvalue weighted by Gasteiger charge is 2.35. The van der Waals surface area contributed by atoms with Crippen molar-refractivity contribution >= 4 is 39.4 Å². The van der Waals surface area contributed by atoms with Crippen molar-refractivity contribution in [3.63, 3.8) is 0 Å². The van der Waals surface area contributed by atoms with Gasteiger partial charge in [0.05, 0.1) is 7.11 Å². The minimum atomic E-state index is -3.80. The first-order valence-electron chi connectivity index (χ1n) is 11.0. The van der Waals surface area contributed by atoms with Crippen LogP contribution in [0.3, 0.4) is 0 Å². The van der Waals surface area contributed by atoms with E-state index in [1.165, 1.54) is 4.31 Å². The number of para-hydroxylation sites is 1. The summed E-state index contributed by atoms with van der Waals surface area (Å²) in [5.74, 6) is 0.603. The number of amides is 1. The van der Waals surface area contributed by atoms with Crippen molar-refractivity contribution in [3.05, 3.63) is 63.7 Å². The van der Waals surface area contributed by atoms with Gasteiger partial charge in [-0.15, -0.1) is 11.3 Å². The second kappa shape index (κ2) is 10.5. The average Bonchev–Trinajstić information content (AvgIpc) is 3.51. The Hall–Kier alpha value is -2.95. The van der Waals surface area contributed by atoms with Crippen LogP contribution in [0.2, 0.25) is 0 Å². The Balaban J connectivity index is 1.39. The first kappa shape index (κ1) is 24.2. The maximum atomic E-state index is 13.4. The number of benzene rings is 1. The molecule has 0 radical (unpaired) electrons. The number of aromatic nitrogens is 1. The smallest absolute Gasteiger partial charge is 0.248 e. The fourth-order valence-electron chi connectivity index (χ4n) is 4.01. The molecule has 1 aliphatic rings. The maximum Gasteiger partial charge on any atom is 0.248 e. The van der Waals surface area contributed by atoms with Crippen molar-refractivity contribution in [2.45, 2.75) is 31.2 Å². The van der Waals surface area contributed by atoms with Gasteiger partial charge in [0.25, 0.3) is 0 Å². The van der Waals surface area contributed by atoms with Crippen LogP contribution in [0.4, 0.5) is 0 Å². The molecule has 34 heavy (non-hydrogen) atoms. The lowest BCUT2D eigenvalue weighted by molar-refractivity contribution is -0.126. The molecule has 4 rings (SSSR count). The van der Waals surface area contributed by atoms with Crippen LogP contribution in [0.5, 0.6) is 5.75 Å². The number of nitrogens with one attached hydrogen (secondary N) is 1. The van der Waals surface area contributed by atoms with Crippen LogP contribution in [0, 0.1) is 12.8 Å². The molecule has 0 atom stereocenters. The first-order chi connectivity index (χ1) is 16.4. The van der Waals surface area contributed by atoms with Crippen LogP contribution in [0.25, 0.3) is 12.2 Å². The standard InChI is InChI=1S/C24H27N3O5S2/c1-17-23(22(32-26-17)10-9-20-7-5-15-33-20)34(29,30)27-13-11-18(12-14-27)24(28)25-16-19-6-3-4-8-21(19)31-2/h3-10,15,18H,11-14,16H2,1-2H3,(H,25,28)/b10-9+. The quantitative estimate of drug-likeness (QED) is 0.502.